The van der Waals surface area contributed by atoms with Gasteiger partial charge in [-0.3, -0.25) is 0 Å². The third-order valence-electron chi connectivity index (χ3n) is 4.40. The Bertz CT molecular complexity index is 1010. The number of benzene rings is 3. The van der Waals surface area contributed by atoms with E-state index in [4.69, 9.17) is 28.9 Å². The van der Waals surface area contributed by atoms with Gasteiger partial charge in [-0.05, 0) is 23.3 Å². The molecule has 0 spiro atoms. The molecule has 0 aromatic heterocycles. The predicted octanol–water partition coefficient (Wildman–Crippen LogP) is 4.85. The van der Waals surface area contributed by atoms with Crippen LogP contribution in [0.3, 0.4) is 0 Å². The van der Waals surface area contributed by atoms with Gasteiger partial charge < -0.3 is 5.73 Å². The molecule has 2 atom stereocenters. The molecule has 3 N–H and O–H groups in total. The minimum atomic E-state index is -3.78. The van der Waals surface area contributed by atoms with Crippen molar-refractivity contribution in [3.8, 4) is 0 Å². The third-order valence-corrected chi connectivity index (χ3v) is 6.39. The molecule has 7 heteroatoms. The van der Waals surface area contributed by atoms with Gasteiger partial charge in [-0.2, -0.15) is 0 Å². The van der Waals surface area contributed by atoms with E-state index < -0.39 is 22.1 Å². The maximum atomic E-state index is 12.9. The van der Waals surface area contributed by atoms with Gasteiger partial charge >= 0.3 is 0 Å². The van der Waals surface area contributed by atoms with Crippen LogP contribution in [0, 0.1) is 0 Å². The van der Waals surface area contributed by atoms with Crippen LogP contribution in [0.25, 0.3) is 0 Å². The third kappa shape index (κ3) is 5.13. The van der Waals surface area contributed by atoms with Crippen molar-refractivity contribution in [1.82, 2.24) is 4.72 Å². The molecule has 146 valence electrons. The van der Waals surface area contributed by atoms with Crippen LogP contribution in [0.5, 0.6) is 0 Å². The Kier molecular flexibility index (Phi) is 6.75. The largest absolute Gasteiger partial charge is 0.322 e. The number of nitrogens with one attached hydrogen (secondary N) is 1. The van der Waals surface area contributed by atoms with Gasteiger partial charge in [0.2, 0.25) is 10.0 Å². The van der Waals surface area contributed by atoms with E-state index in [1.807, 2.05) is 60.7 Å². The quantitative estimate of drug-likeness (QED) is 0.557. The van der Waals surface area contributed by atoms with Gasteiger partial charge in [0.1, 0.15) is 0 Å². The van der Waals surface area contributed by atoms with Crippen molar-refractivity contribution in [2.24, 2.45) is 5.73 Å². The molecule has 3 aromatic carbocycles. The maximum Gasteiger partial charge on any atom is 0.216 e. The lowest BCUT2D eigenvalue weighted by Gasteiger charge is -2.26. The minimum absolute atomic E-state index is 0.307. The fourth-order valence-corrected chi connectivity index (χ4v) is 5.11. The van der Waals surface area contributed by atoms with Gasteiger partial charge in [0.25, 0.3) is 0 Å². The molecular weight excluding hydrogens is 415 g/mol. The van der Waals surface area contributed by atoms with Crippen molar-refractivity contribution in [1.29, 1.82) is 0 Å². The van der Waals surface area contributed by atoms with Gasteiger partial charge in [0.15, 0.2) is 0 Å². The van der Waals surface area contributed by atoms with Crippen LogP contribution < -0.4 is 10.5 Å². The van der Waals surface area contributed by atoms with Crippen molar-refractivity contribution in [3.63, 3.8) is 0 Å². The van der Waals surface area contributed by atoms with Crippen LogP contribution >= 0.6 is 23.2 Å². The summed E-state index contributed by atoms with van der Waals surface area (Å²) in [5.41, 5.74) is 8.41. The molecule has 0 aliphatic rings. The lowest BCUT2D eigenvalue weighted by molar-refractivity contribution is 0.503. The van der Waals surface area contributed by atoms with E-state index in [-0.39, 0.29) is 5.75 Å². The predicted molar refractivity (Wildman–Crippen MR) is 115 cm³/mol. The van der Waals surface area contributed by atoms with Gasteiger partial charge in [-0.15, -0.1) is 0 Å². The molecule has 0 amide bonds. The van der Waals surface area contributed by atoms with Gasteiger partial charge in [0.05, 0.1) is 17.8 Å². The number of hydrogen-bond donors (Lipinski definition) is 2. The van der Waals surface area contributed by atoms with Crippen molar-refractivity contribution < 1.29 is 8.42 Å². The summed E-state index contributed by atoms with van der Waals surface area (Å²) < 4.78 is 28.6. The Morgan fingerprint density at radius 1 is 0.786 bits per heavy atom. The van der Waals surface area contributed by atoms with E-state index in [1.165, 1.54) is 0 Å². The highest BCUT2D eigenvalue weighted by atomic mass is 35.5. The summed E-state index contributed by atoms with van der Waals surface area (Å²) >= 11 is 12.3. The Hall–Kier alpha value is -1.89. The molecule has 28 heavy (non-hydrogen) atoms. The second-order valence-corrected chi connectivity index (χ2v) is 8.97. The van der Waals surface area contributed by atoms with E-state index in [0.29, 0.717) is 15.6 Å². The fourth-order valence-electron chi connectivity index (χ4n) is 2.97. The standard InChI is InChI=1S/C21H20Cl2N2O2S/c22-18-12-7-13-19(23)17(18)14-28(26,27)25-21(16-10-5-2-6-11-16)20(24)15-8-3-1-4-9-15/h1-13,20-21,25H,14,24H2. The Morgan fingerprint density at radius 2 is 1.29 bits per heavy atom. The first-order valence-electron chi connectivity index (χ1n) is 8.66. The molecule has 0 bridgehead atoms. The van der Waals surface area contributed by atoms with Crippen molar-refractivity contribution in [3.05, 3.63) is 106 Å². The second kappa shape index (κ2) is 9.07. The molecule has 3 aromatic rings. The summed E-state index contributed by atoms with van der Waals surface area (Å²) in [4.78, 5) is 0. The number of hydrogen-bond acceptors (Lipinski definition) is 3. The van der Waals surface area contributed by atoms with Crippen molar-refractivity contribution >= 4 is 33.2 Å². The summed E-state index contributed by atoms with van der Waals surface area (Å²) in [5, 5.41) is 0.614. The number of rotatable bonds is 7. The van der Waals surface area contributed by atoms with Crippen molar-refractivity contribution in [2.45, 2.75) is 17.8 Å². The lowest BCUT2D eigenvalue weighted by Crippen LogP contribution is -2.36. The first-order chi connectivity index (χ1) is 13.4. The van der Waals surface area contributed by atoms with E-state index in [9.17, 15) is 8.42 Å². The smallest absolute Gasteiger partial charge is 0.216 e. The Morgan fingerprint density at radius 3 is 1.82 bits per heavy atom. The first kappa shape index (κ1) is 20.8. The van der Waals surface area contributed by atoms with Gasteiger partial charge in [-0.25, -0.2) is 13.1 Å². The highest BCUT2D eigenvalue weighted by Gasteiger charge is 2.27. The van der Waals surface area contributed by atoms with Crippen molar-refractivity contribution in [2.75, 3.05) is 0 Å². The molecule has 0 saturated carbocycles. The van der Waals surface area contributed by atoms with Crippen LogP contribution in [0.1, 0.15) is 28.8 Å². The summed E-state index contributed by atoms with van der Waals surface area (Å²) in [6, 6.07) is 22.3. The highest BCUT2D eigenvalue weighted by molar-refractivity contribution is 7.88. The molecule has 4 nitrogen and oxygen atoms in total. The van der Waals surface area contributed by atoms with Crippen LogP contribution in [0.15, 0.2) is 78.9 Å². The van der Waals surface area contributed by atoms with E-state index in [0.717, 1.165) is 11.1 Å². The zero-order valence-electron chi connectivity index (χ0n) is 14.9. The molecule has 0 fully saturated rings. The topological polar surface area (TPSA) is 72.2 Å². The molecule has 0 aliphatic carbocycles. The van der Waals surface area contributed by atoms with E-state index >= 15 is 0 Å². The average Bonchev–Trinajstić information content (AvgIpc) is 2.70. The zero-order chi connectivity index (χ0) is 20.1. The molecule has 0 radical (unpaired) electrons. The number of halogens is 2. The molecule has 0 saturated heterocycles. The molecule has 0 heterocycles. The average molecular weight is 435 g/mol. The number of nitrogens with two attached hydrogens (primary N) is 1. The molecule has 2 unspecified atom stereocenters. The molecular formula is C21H20Cl2N2O2S. The van der Waals surface area contributed by atoms with Crippen LogP contribution in [0.4, 0.5) is 0 Å². The van der Waals surface area contributed by atoms with Gasteiger partial charge in [-0.1, -0.05) is 89.9 Å². The first-order valence-corrected chi connectivity index (χ1v) is 11.1. The number of sulfonamides is 1. The van der Waals surface area contributed by atoms with E-state index in [2.05, 4.69) is 4.72 Å². The lowest BCUT2D eigenvalue weighted by atomic mass is 9.95. The Balaban J connectivity index is 1.93. The minimum Gasteiger partial charge on any atom is -0.322 e. The fraction of sp³-hybridized carbons (Fsp3) is 0.143. The van der Waals surface area contributed by atoms with Gasteiger partial charge in [0, 0.05) is 15.6 Å². The summed E-state index contributed by atoms with van der Waals surface area (Å²) in [5.74, 6) is -0.337. The molecule has 0 aliphatic heterocycles. The Labute approximate surface area is 175 Å². The summed E-state index contributed by atoms with van der Waals surface area (Å²) in [6.07, 6.45) is 0. The van der Waals surface area contributed by atoms with Crippen LogP contribution in [-0.4, -0.2) is 8.42 Å². The highest BCUT2D eigenvalue weighted by Crippen LogP contribution is 2.30. The maximum absolute atomic E-state index is 12.9. The second-order valence-electron chi connectivity index (χ2n) is 6.40. The normalized spacial score (nSPS) is 13.8. The summed E-state index contributed by atoms with van der Waals surface area (Å²) in [6.45, 7) is 0. The van der Waals surface area contributed by atoms with E-state index in [1.54, 1.807) is 18.2 Å². The molecule has 3 rings (SSSR count). The zero-order valence-corrected chi connectivity index (χ0v) is 17.3. The summed E-state index contributed by atoms with van der Waals surface area (Å²) in [7, 11) is -3.78. The monoisotopic (exact) mass is 434 g/mol. The van der Waals surface area contributed by atoms with Crippen LogP contribution in [0.2, 0.25) is 10.0 Å². The SMILES string of the molecule is NC(c1ccccc1)C(NS(=O)(=O)Cc1c(Cl)cccc1Cl)c1ccccc1. The van der Waals surface area contributed by atoms with Crippen LogP contribution in [-0.2, 0) is 15.8 Å².